The van der Waals surface area contributed by atoms with E-state index >= 15 is 0 Å². The Morgan fingerprint density at radius 1 is 0.591 bits per heavy atom. The van der Waals surface area contributed by atoms with Gasteiger partial charge in [-0.15, -0.1) is 0 Å². The standard InChI is InChI=1S/C32H43O9PS2/c1-4-5-6-7-8-9-10-11-12-13-22-41-30-21-19-28(24-32(30)44(36,37)38)42(26-16-14-25(39-2)15-17-26)27-18-20-29(40-3)31(23-27)43(33,34)35/h14-21,23-24H,4-13,22H2,1-3H3,(H,33,34,35)(H,36,37,38). The molecule has 0 saturated carbocycles. The summed E-state index contributed by atoms with van der Waals surface area (Å²) in [6.07, 6.45) is 11.6. The van der Waals surface area contributed by atoms with Crippen molar-refractivity contribution in [1.82, 2.24) is 0 Å². The highest BCUT2D eigenvalue weighted by Gasteiger charge is 2.26. The van der Waals surface area contributed by atoms with Gasteiger partial charge in [-0.3, -0.25) is 9.11 Å². The molecular weight excluding hydrogens is 623 g/mol. The summed E-state index contributed by atoms with van der Waals surface area (Å²) in [5, 5.41) is 1.75. The molecule has 2 N–H and O–H groups in total. The summed E-state index contributed by atoms with van der Waals surface area (Å²) in [5.41, 5.74) is 0. The van der Waals surface area contributed by atoms with Crippen LogP contribution in [0.3, 0.4) is 0 Å². The van der Waals surface area contributed by atoms with E-state index < -0.39 is 33.1 Å². The Balaban J connectivity index is 1.86. The number of hydrogen-bond acceptors (Lipinski definition) is 7. The van der Waals surface area contributed by atoms with Crippen molar-refractivity contribution < 1.29 is 40.2 Å². The molecule has 1 unspecified atom stereocenters. The highest BCUT2D eigenvalue weighted by molar-refractivity contribution is 7.86. The zero-order chi connectivity index (χ0) is 32.2. The number of ether oxygens (including phenoxy) is 3. The normalized spacial score (nSPS) is 12.6. The first kappa shape index (κ1) is 35.8. The predicted molar refractivity (Wildman–Crippen MR) is 175 cm³/mol. The summed E-state index contributed by atoms with van der Waals surface area (Å²) < 4.78 is 85.5. The fourth-order valence-corrected chi connectivity index (χ4v) is 8.73. The maximum atomic E-state index is 12.5. The van der Waals surface area contributed by atoms with Crippen molar-refractivity contribution in [1.29, 1.82) is 0 Å². The van der Waals surface area contributed by atoms with Crippen molar-refractivity contribution in [2.24, 2.45) is 0 Å². The highest BCUT2D eigenvalue weighted by Crippen LogP contribution is 2.38. The molecule has 0 saturated heterocycles. The van der Waals surface area contributed by atoms with E-state index in [1.165, 1.54) is 77.0 Å². The summed E-state index contributed by atoms with van der Waals surface area (Å²) in [7, 11) is -8.03. The van der Waals surface area contributed by atoms with Crippen LogP contribution in [0.5, 0.6) is 17.2 Å². The van der Waals surface area contributed by atoms with Gasteiger partial charge >= 0.3 is 0 Å². The van der Waals surface area contributed by atoms with Crippen LogP contribution in [0.15, 0.2) is 70.5 Å². The molecule has 242 valence electrons. The summed E-state index contributed by atoms with van der Waals surface area (Å²) in [5.74, 6) is 0.617. The Morgan fingerprint density at radius 3 is 1.52 bits per heavy atom. The van der Waals surface area contributed by atoms with E-state index in [1.54, 1.807) is 36.4 Å². The molecule has 0 aliphatic carbocycles. The Kier molecular flexibility index (Phi) is 13.9. The van der Waals surface area contributed by atoms with Crippen LogP contribution in [0.2, 0.25) is 0 Å². The summed E-state index contributed by atoms with van der Waals surface area (Å²) in [4.78, 5) is -0.781. The average Bonchev–Trinajstić information content (AvgIpc) is 2.99. The van der Waals surface area contributed by atoms with Gasteiger partial charge in [-0.1, -0.05) is 89.0 Å². The molecule has 3 aromatic rings. The number of benzene rings is 3. The monoisotopic (exact) mass is 666 g/mol. The summed E-state index contributed by atoms with van der Waals surface area (Å²) in [6, 6.07) is 16.1. The maximum absolute atomic E-state index is 12.5. The van der Waals surface area contributed by atoms with Gasteiger partial charge in [-0.25, -0.2) is 0 Å². The van der Waals surface area contributed by atoms with Gasteiger partial charge in [-0.2, -0.15) is 16.8 Å². The van der Waals surface area contributed by atoms with Crippen LogP contribution < -0.4 is 30.1 Å². The van der Waals surface area contributed by atoms with Crippen molar-refractivity contribution in [3.05, 3.63) is 60.7 Å². The van der Waals surface area contributed by atoms with Crippen LogP contribution >= 0.6 is 7.92 Å². The van der Waals surface area contributed by atoms with Gasteiger partial charge in [0.2, 0.25) is 0 Å². The summed E-state index contributed by atoms with van der Waals surface area (Å²) in [6.45, 7) is 2.52. The maximum Gasteiger partial charge on any atom is 0.298 e. The van der Waals surface area contributed by atoms with Gasteiger partial charge in [-0.05, 0) is 66.7 Å². The zero-order valence-electron chi connectivity index (χ0n) is 25.6. The molecule has 44 heavy (non-hydrogen) atoms. The topological polar surface area (TPSA) is 136 Å². The molecule has 0 amide bonds. The fraction of sp³-hybridized carbons (Fsp3) is 0.438. The predicted octanol–water partition coefficient (Wildman–Crippen LogP) is 6.26. The van der Waals surface area contributed by atoms with Gasteiger partial charge in [0.05, 0.1) is 20.8 Å². The Morgan fingerprint density at radius 2 is 1.05 bits per heavy atom. The van der Waals surface area contributed by atoms with Gasteiger partial charge in [0.15, 0.2) is 0 Å². The Bertz CT molecular complexity index is 1560. The van der Waals surface area contributed by atoms with E-state index in [0.29, 0.717) is 23.0 Å². The van der Waals surface area contributed by atoms with Gasteiger partial charge in [0, 0.05) is 0 Å². The molecule has 0 radical (unpaired) electrons. The van der Waals surface area contributed by atoms with Crippen molar-refractivity contribution in [2.75, 3.05) is 20.8 Å². The van der Waals surface area contributed by atoms with E-state index in [1.807, 2.05) is 0 Å². The van der Waals surface area contributed by atoms with Gasteiger partial charge < -0.3 is 14.2 Å². The highest BCUT2D eigenvalue weighted by atomic mass is 32.2. The van der Waals surface area contributed by atoms with E-state index in [9.17, 15) is 25.9 Å². The Hall–Kier alpha value is -2.69. The molecule has 9 nitrogen and oxygen atoms in total. The molecule has 0 heterocycles. The largest absolute Gasteiger partial charge is 0.497 e. The minimum atomic E-state index is -4.66. The molecule has 1 atom stereocenters. The lowest BCUT2D eigenvalue weighted by molar-refractivity contribution is 0.295. The molecule has 0 aromatic heterocycles. The minimum Gasteiger partial charge on any atom is -0.497 e. The van der Waals surface area contributed by atoms with Crippen LogP contribution in [0.1, 0.15) is 71.1 Å². The van der Waals surface area contributed by atoms with Crippen LogP contribution in [0.4, 0.5) is 0 Å². The van der Waals surface area contributed by atoms with Crippen molar-refractivity contribution in [3.8, 4) is 17.2 Å². The van der Waals surface area contributed by atoms with Crippen molar-refractivity contribution >= 4 is 44.1 Å². The molecule has 0 aliphatic heterocycles. The first-order valence-corrected chi connectivity index (χ1v) is 19.1. The second-order valence-corrected chi connectivity index (χ2v) is 15.5. The molecule has 0 bridgehead atoms. The van der Waals surface area contributed by atoms with Gasteiger partial charge in [0.1, 0.15) is 27.0 Å². The average molecular weight is 667 g/mol. The van der Waals surface area contributed by atoms with E-state index in [-0.39, 0.29) is 16.4 Å². The number of hydrogen-bond donors (Lipinski definition) is 2. The second-order valence-electron chi connectivity index (χ2n) is 10.5. The van der Waals surface area contributed by atoms with Crippen LogP contribution in [0.25, 0.3) is 0 Å². The Labute approximate surface area is 263 Å². The first-order valence-electron chi connectivity index (χ1n) is 14.8. The van der Waals surface area contributed by atoms with E-state index in [2.05, 4.69) is 6.92 Å². The SMILES string of the molecule is CCCCCCCCCCCCOc1ccc(P(c2ccc(OC)cc2)c2ccc(OC)c(S(=O)(=O)O)c2)cc1S(=O)(=O)O. The molecule has 0 fully saturated rings. The van der Waals surface area contributed by atoms with Gasteiger partial charge in [0.25, 0.3) is 20.2 Å². The van der Waals surface area contributed by atoms with E-state index in [0.717, 1.165) is 31.0 Å². The molecule has 12 heteroatoms. The van der Waals surface area contributed by atoms with Crippen LogP contribution in [-0.2, 0) is 20.2 Å². The van der Waals surface area contributed by atoms with Crippen LogP contribution in [0, 0.1) is 0 Å². The molecular formula is C32H43O9PS2. The zero-order valence-corrected chi connectivity index (χ0v) is 28.1. The lowest BCUT2D eigenvalue weighted by Gasteiger charge is -2.22. The lowest BCUT2D eigenvalue weighted by Crippen LogP contribution is -2.22. The molecule has 3 rings (SSSR count). The fourth-order valence-electron chi connectivity index (χ4n) is 4.91. The van der Waals surface area contributed by atoms with Crippen molar-refractivity contribution in [2.45, 2.75) is 80.9 Å². The smallest absolute Gasteiger partial charge is 0.298 e. The quantitative estimate of drug-likeness (QED) is 0.0864. The van der Waals surface area contributed by atoms with Crippen LogP contribution in [-0.4, -0.2) is 46.8 Å². The first-order chi connectivity index (χ1) is 21.0. The third kappa shape index (κ3) is 10.4. The number of methoxy groups -OCH3 is 2. The second kappa shape index (κ2) is 17.1. The third-order valence-electron chi connectivity index (χ3n) is 7.23. The van der Waals surface area contributed by atoms with Crippen molar-refractivity contribution in [3.63, 3.8) is 0 Å². The number of unbranched alkanes of at least 4 members (excludes halogenated alkanes) is 9. The minimum absolute atomic E-state index is 0.0322. The van der Waals surface area contributed by atoms with E-state index in [4.69, 9.17) is 14.2 Å². The molecule has 0 spiro atoms. The number of rotatable bonds is 19. The molecule has 0 aliphatic rings. The molecule has 3 aromatic carbocycles. The third-order valence-corrected chi connectivity index (χ3v) is 11.4. The lowest BCUT2D eigenvalue weighted by atomic mass is 10.1. The summed E-state index contributed by atoms with van der Waals surface area (Å²) >= 11 is 0.